The molecule has 0 aliphatic carbocycles. The summed E-state index contributed by atoms with van der Waals surface area (Å²) in [6, 6.07) is 13.3. The second-order valence-electron chi connectivity index (χ2n) is 4.39. The number of rotatable bonds is 5. The van der Waals surface area contributed by atoms with E-state index >= 15 is 0 Å². The summed E-state index contributed by atoms with van der Waals surface area (Å²) in [5.74, 6) is 0.900. The molecule has 0 saturated heterocycles. The van der Waals surface area contributed by atoms with Gasteiger partial charge in [0.1, 0.15) is 5.75 Å². The predicted octanol–water partition coefficient (Wildman–Crippen LogP) is 3.16. The van der Waals surface area contributed by atoms with E-state index in [1.54, 1.807) is 7.11 Å². The van der Waals surface area contributed by atoms with Crippen LogP contribution in [0.1, 0.15) is 11.1 Å². The third kappa shape index (κ3) is 3.88. The van der Waals surface area contributed by atoms with Gasteiger partial charge in [0.25, 0.3) is 0 Å². The van der Waals surface area contributed by atoms with Gasteiger partial charge in [0.05, 0.1) is 11.6 Å². The van der Waals surface area contributed by atoms with E-state index in [2.05, 4.69) is 26.4 Å². The summed E-state index contributed by atoms with van der Waals surface area (Å²) in [4.78, 5) is 0. The highest BCUT2D eigenvalue weighted by Crippen LogP contribution is 2.27. The summed E-state index contributed by atoms with van der Waals surface area (Å²) < 4.78 is 6.09. The molecule has 0 spiro atoms. The maximum Gasteiger partial charge on any atom is 0.170 e. The Hall–Kier alpha value is -2.21. The fourth-order valence-electron chi connectivity index (χ4n) is 1.83. The summed E-state index contributed by atoms with van der Waals surface area (Å²) in [6.45, 7) is 0.676. The van der Waals surface area contributed by atoms with Crippen LogP contribution in [0, 0.1) is 0 Å². The molecule has 0 atom stereocenters. The van der Waals surface area contributed by atoms with E-state index in [4.69, 9.17) is 15.7 Å². The Bertz CT molecular complexity index is 642. The Morgan fingerprint density at radius 1 is 1.29 bits per heavy atom. The Kier molecular flexibility index (Phi) is 5.05. The number of nitrogens with zero attached hydrogens (tertiary/aromatic N) is 1. The van der Waals surface area contributed by atoms with Crippen LogP contribution in [0.3, 0.4) is 0 Å². The van der Waals surface area contributed by atoms with Crippen molar-refractivity contribution in [2.24, 2.45) is 10.9 Å². The number of ether oxygens (including phenoxy) is 1. The maximum atomic E-state index is 8.61. The number of halogens is 1. The minimum absolute atomic E-state index is 0.105. The number of anilines is 1. The molecule has 0 radical (unpaired) electrons. The standard InChI is InChI=1S/C15H16BrN3O2/c1-21-14-7-6-12(8-13(14)16)18-9-10-2-4-11(5-3-10)15(17)19-20/h2-8,18,20H,9H2,1H3,(H2,17,19). The zero-order chi connectivity index (χ0) is 15.2. The molecule has 0 fully saturated rings. The summed E-state index contributed by atoms with van der Waals surface area (Å²) >= 11 is 3.45. The Morgan fingerprint density at radius 2 is 2.00 bits per heavy atom. The molecule has 2 aromatic rings. The van der Waals surface area contributed by atoms with Gasteiger partial charge < -0.3 is 21.0 Å². The lowest BCUT2D eigenvalue weighted by Gasteiger charge is -2.09. The average molecular weight is 350 g/mol. The van der Waals surface area contributed by atoms with E-state index in [0.29, 0.717) is 12.1 Å². The number of nitrogens with one attached hydrogen (secondary N) is 1. The third-order valence-electron chi connectivity index (χ3n) is 3.01. The minimum atomic E-state index is 0.105. The van der Waals surface area contributed by atoms with E-state index in [9.17, 15) is 0 Å². The lowest BCUT2D eigenvalue weighted by atomic mass is 10.1. The summed E-state index contributed by atoms with van der Waals surface area (Å²) in [6.07, 6.45) is 0. The van der Waals surface area contributed by atoms with Gasteiger partial charge in [-0.15, -0.1) is 0 Å². The molecule has 0 aromatic heterocycles. The van der Waals surface area contributed by atoms with Crippen LogP contribution in [-0.4, -0.2) is 18.2 Å². The van der Waals surface area contributed by atoms with Crippen molar-refractivity contribution >= 4 is 27.5 Å². The monoisotopic (exact) mass is 349 g/mol. The SMILES string of the molecule is COc1ccc(NCc2ccc(C(N)=NO)cc2)cc1Br. The average Bonchev–Trinajstić information content (AvgIpc) is 2.52. The van der Waals surface area contributed by atoms with Crippen LogP contribution >= 0.6 is 15.9 Å². The van der Waals surface area contributed by atoms with E-state index in [-0.39, 0.29) is 5.84 Å². The fourth-order valence-corrected chi connectivity index (χ4v) is 2.37. The quantitative estimate of drug-likeness (QED) is 0.335. The van der Waals surface area contributed by atoms with Crippen molar-refractivity contribution in [2.75, 3.05) is 12.4 Å². The fraction of sp³-hybridized carbons (Fsp3) is 0.133. The van der Waals surface area contributed by atoms with Gasteiger partial charge in [0.15, 0.2) is 5.84 Å². The molecule has 0 amide bonds. The van der Waals surface area contributed by atoms with Crippen molar-refractivity contribution in [3.05, 3.63) is 58.1 Å². The van der Waals surface area contributed by atoms with Gasteiger partial charge in [-0.3, -0.25) is 0 Å². The van der Waals surface area contributed by atoms with Crippen LogP contribution in [0.5, 0.6) is 5.75 Å². The van der Waals surface area contributed by atoms with Gasteiger partial charge in [-0.05, 0) is 39.7 Å². The van der Waals surface area contributed by atoms with Crippen LogP contribution in [-0.2, 0) is 6.54 Å². The second-order valence-corrected chi connectivity index (χ2v) is 5.24. The summed E-state index contributed by atoms with van der Waals surface area (Å²) in [7, 11) is 1.64. The van der Waals surface area contributed by atoms with E-state index in [1.165, 1.54) is 0 Å². The van der Waals surface area contributed by atoms with Gasteiger partial charge >= 0.3 is 0 Å². The van der Waals surface area contributed by atoms with Gasteiger partial charge in [0, 0.05) is 17.8 Å². The van der Waals surface area contributed by atoms with Crippen LogP contribution < -0.4 is 15.8 Å². The molecule has 0 aliphatic heterocycles. The molecule has 2 aromatic carbocycles. The number of nitrogens with two attached hydrogens (primary N) is 1. The summed E-state index contributed by atoms with van der Waals surface area (Å²) in [5, 5.41) is 14.9. The number of oxime groups is 1. The smallest absolute Gasteiger partial charge is 0.170 e. The van der Waals surface area contributed by atoms with Gasteiger partial charge in [0.2, 0.25) is 0 Å². The second kappa shape index (κ2) is 6.99. The van der Waals surface area contributed by atoms with E-state index in [0.717, 1.165) is 21.5 Å². The molecule has 21 heavy (non-hydrogen) atoms. The van der Waals surface area contributed by atoms with Crippen molar-refractivity contribution in [3.8, 4) is 5.75 Å². The highest BCUT2D eigenvalue weighted by molar-refractivity contribution is 9.10. The molecule has 4 N–H and O–H groups in total. The molecule has 6 heteroatoms. The zero-order valence-electron chi connectivity index (χ0n) is 11.5. The largest absolute Gasteiger partial charge is 0.496 e. The number of hydrogen-bond donors (Lipinski definition) is 3. The molecule has 0 heterocycles. The van der Waals surface area contributed by atoms with Crippen molar-refractivity contribution in [3.63, 3.8) is 0 Å². The molecule has 0 aliphatic rings. The number of hydrogen-bond acceptors (Lipinski definition) is 4. The molecular weight excluding hydrogens is 334 g/mol. The first-order chi connectivity index (χ1) is 10.1. The normalized spacial score (nSPS) is 11.2. The first kappa shape index (κ1) is 15.2. The molecule has 0 saturated carbocycles. The van der Waals surface area contributed by atoms with Crippen molar-refractivity contribution in [1.82, 2.24) is 0 Å². The Morgan fingerprint density at radius 3 is 2.57 bits per heavy atom. The van der Waals surface area contributed by atoms with Crippen molar-refractivity contribution in [2.45, 2.75) is 6.54 Å². The third-order valence-corrected chi connectivity index (χ3v) is 3.63. The highest BCUT2D eigenvalue weighted by atomic mass is 79.9. The molecule has 0 bridgehead atoms. The minimum Gasteiger partial charge on any atom is -0.496 e. The van der Waals surface area contributed by atoms with E-state index < -0.39 is 0 Å². The first-order valence-corrected chi connectivity index (χ1v) is 7.07. The molecule has 110 valence electrons. The lowest BCUT2D eigenvalue weighted by molar-refractivity contribution is 0.318. The molecule has 0 unspecified atom stereocenters. The zero-order valence-corrected chi connectivity index (χ0v) is 13.1. The predicted molar refractivity (Wildman–Crippen MR) is 87.0 cm³/mol. The molecular formula is C15H16BrN3O2. The van der Waals surface area contributed by atoms with Crippen LogP contribution in [0.4, 0.5) is 5.69 Å². The van der Waals surface area contributed by atoms with Gasteiger partial charge in [-0.25, -0.2) is 0 Å². The maximum absolute atomic E-state index is 8.61. The van der Waals surface area contributed by atoms with Crippen molar-refractivity contribution in [1.29, 1.82) is 0 Å². The van der Waals surface area contributed by atoms with Crippen LogP contribution in [0.2, 0.25) is 0 Å². The Balaban J connectivity index is 2.01. The Labute approximate surface area is 131 Å². The van der Waals surface area contributed by atoms with Gasteiger partial charge in [-0.2, -0.15) is 0 Å². The molecule has 5 nitrogen and oxygen atoms in total. The number of benzene rings is 2. The van der Waals surface area contributed by atoms with Gasteiger partial charge in [-0.1, -0.05) is 29.4 Å². The lowest BCUT2D eigenvalue weighted by Crippen LogP contribution is -2.13. The summed E-state index contributed by atoms with van der Waals surface area (Å²) in [5.41, 5.74) is 8.29. The topological polar surface area (TPSA) is 79.9 Å². The highest BCUT2D eigenvalue weighted by Gasteiger charge is 2.02. The number of methoxy groups -OCH3 is 1. The molecule has 2 rings (SSSR count). The first-order valence-electron chi connectivity index (χ1n) is 6.28. The van der Waals surface area contributed by atoms with Crippen molar-refractivity contribution < 1.29 is 9.94 Å². The van der Waals surface area contributed by atoms with Crippen LogP contribution in [0.15, 0.2) is 52.1 Å². The van der Waals surface area contributed by atoms with E-state index in [1.807, 2.05) is 42.5 Å². The number of amidine groups is 1. The van der Waals surface area contributed by atoms with Crippen LogP contribution in [0.25, 0.3) is 0 Å².